The van der Waals surface area contributed by atoms with Crippen LogP contribution in [-0.2, 0) is 41.5 Å². The minimum absolute atomic E-state index is 0.0350. The molecule has 12 heteroatoms. The van der Waals surface area contributed by atoms with E-state index >= 15 is 0 Å². The van der Waals surface area contributed by atoms with E-state index in [1.807, 2.05) is 45.0 Å². The van der Waals surface area contributed by atoms with Gasteiger partial charge in [-0.25, -0.2) is 14.8 Å². The second kappa shape index (κ2) is 13.4. The number of rotatable bonds is 9. The van der Waals surface area contributed by atoms with Crippen molar-refractivity contribution >= 4 is 23.7 Å². The van der Waals surface area contributed by atoms with Crippen LogP contribution in [0.1, 0.15) is 48.7 Å². The Morgan fingerprint density at radius 1 is 0.953 bits per heavy atom. The summed E-state index contributed by atoms with van der Waals surface area (Å²) in [4.78, 5) is 35.5. The van der Waals surface area contributed by atoms with Crippen LogP contribution in [0.3, 0.4) is 0 Å². The fourth-order valence-electron chi connectivity index (χ4n) is 4.79. The van der Waals surface area contributed by atoms with Gasteiger partial charge in [-0.2, -0.15) is 13.2 Å². The standard InChI is InChI=1S/C31H36F3N5O4/c1-30(2,3)43-29(42)39-16-14-38(15-17-39)20-21-8-11-24(12-9-21)36-28-35-19-25(31(32,33)34)26(37-28)13-10-22-6-4-5-7-23(22)18-27(40)41/h4-9,11-12,19H,10,13-18,20H2,1-3H3,(H,40,41)(H,35,36,37). The molecule has 0 aliphatic carbocycles. The first kappa shape index (κ1) is 31.7. The topological polar surface area (TPSA) is 108 Å². The van der Waals surface area contributed by atoms with Crippen molar-refractivity contribution in [2.75, 3.05) is 31.5 Å². The number of hydrogen-bond donors (Lipinski definition) is 2. The zero-order valence-electron chi connectivity index (χ0n) is 24.4. The van der Waals surface area contributed by atoms with Gasteiger partial charge in [-0.1, -0.05) is 36.4 Å². The molecular weight excluding hydrogens is 563 g/mol. The Balaban J connectivity index is 1.38. The number of anilines is 2. The summed E-state index contributed by atoms with van der Waals surface area (Å²) in [6, 6.07) is 14.3. The molecule has 0 radical (unpaired) electrons. The number of halogens is 3. The van der Waals surface area contributed by atoms with Gasteiger partial charge in [0, 0.05) is 44.6 Å². The molecule has 9 nitrogen and oxygen atoms in total. The van der Waals surface area contributed by atoms with Gasteiger partial charge >= 0.3 is 18.2 Å². The molecule has 2 aromatic carbocycles. The van der Waals surface area contributed by atoms with Gasteiger partial charge in [-0.05, 0) is 62.4 Å². The number of nitrogens with zero attached hydrogens (tertiary/aromatic N) is 4. The zero-order chi connectivity index (χ0) is 31.2. The summed E-state index contributed by atoms with van der Waals surface area (Å²) in [6.45, 7) is 8.79. The van der Waals surface area contributed by atoms with E-state index in [0.29, 0.717) is 49.5 Å². The van der Waals surface area contributed by atoms with Gasteiger partial charge in [-0.3, -0.25) is 9.69 Å². The Hall–Kier alpha value is -4.19. The SMILES string of the molecule is CC(C)(C)OC(=O)N1CCN(Cc2ccc(Nc3ncc(C(F)(F)F)c(CCc4ccccc4CC(=O)O)n3)cc2)CC1. The van der Waals surface area contributed by atoms with E-state index in [2.05, 4.69) is 20.2 Å². The van der Waals surface area contributed by atoms with Gasteiger partial charge in [0.15, 0.2) is 0 Å². The van der Waals surface area contributed by atoms with Gasteiger partial charge in [0.1, 0.15) is 5.60 Å². The van der Waals surface area contributed by atoms with Gasteiger partial charge in [-0.15, -0.1) is 0 Å². The summed E-state index contributed by atoms with van der Waals surface area (Å²) in [5.41, 5.74) is 1.26. The molecule has 1 amide bonds. The van der Waals surface area contributed by atoms with E-state index in [4.69, 9.17) is 9.84 Å². The number of alkyl halides is 3. The maximum Gasteiger partial charge on any atom is 0.419 e. The first-order valence-corrected chi connectivity index (χ1v) is 14.0. The lowest BCUT2D eigenvalue weighted by molar-refractivity contribution is -0.139. The van der Waals surface area contributed by atoms with E-state index in [9.17, 15) is 22.8 Å². The summed E-state index contributed by atoms with van der Waals surface area (Å²) in [6.07, 6.45) is -4.21. The van der Waals surface area contributed by atoms with Gasteiger partial charge in [0.25, 0.3) is 0 Å². The Morgan fingerprint density at radius 2 is 1.60 bits per heavy atom. The zero-order valence-corrected chi connectivity index (χ0v) is 24.4. The van der Waals surface area contributed by atoms with Crippen LogP contribution < -0.4 is 5.32 Å². The average molecular weight is 600 g/mol. The highest BCUT2D eigenvalue weighted by molar-refractivity contribution is 5.70. The second-order valence-electron chi connectivity index (χ2n) is 11.5. The second-order valence-corrected chi connectivity index (χ2v) is 11.5. The summed E-state index contributed by atoms with van der Waals surface area (Å²) >= 11 is 0. The summed E-state index contributed by atoms with van der Waals surface area (Å²) in [5, 5.41) is 12.2. The number of aromatic nitrogens is 2. The van der Waals surface area contributed by atoms with Crippen molar-refractivity contribution in [1.82, 2.24) is 19.8 Å². The smallest absolute Gasteiger partial charge is 0.419 e. The Morgan fingerprint density at radius 3 is 2.21 bits per heavy atom. The van der Waals surface area contributed by atoms with E-state index in [-0.39, 0.29) is 37.0 Å². The number of carboxylic acids is 1. The number of benzene rings is 2. The molecule has 0 atom stereocenters. The number of carbonyl (C=O) groups is 2. The first-order chi connectivity index (χ1) is 20.3. The number of piperazine rings is 1. The quantitative estimate of drug-likeness (QED) is 0.323. The van der Waals surface area contributed by atoms with Crippen molar-refractivity contribution in [3.05, 3.63) is 82.7 Å². The maximum atomic E-state index is 13.7. The van der Waals surface area contributed by atoms with Crippen LogP contribution in [-0.4, -0.2) is 68.7 Å². The third-order valence-corrected chi connectivity index (χ3v) is 6.90. The van der Waals surface area contributed by atoms with E-state index in [1.165, 1.54) is 0 Å². The predicted molar refractivity (Wildman–Crippen MR) is 155 cm³/mol. The molecular formula is C31H36F3N5O4. The summed E-state index contributed by atoms with van der Waals surface area (Å²) < 4.78 is 46.7. The number of aryl methyl sites for hydroxylation is 2. The van der Waals surface area contributed by atoms with E-state index in [0.717, 1.165) is 11.8 Å². The van der Waals surface area contributed by atoms with Crippen molar-refractivity contribution < 1.29 is 32.6 Å². The number of hydrogen-bond acceptors (Lipinski definition) is 7. The van der Waals surface area contributed by atoms with Crippen LogP contribution in [0.15, 0.2) is 54.7 Å². The molecule has 1 aliphatic heterocycles. The number of ether oxygens (including phenoxy) is 1. The number of amides is 1. The summed E-state index contributed by atoms with van der Waals surface area (Å²) in [7, 11) is 0. The van der Waals surface area contributed by atoms with Crippen LogP contribution in [0.4, 0.5) is 29.6 Å². The fourth-order valence-corrected chi connectivity index (χ4v) is 4.79. The fraction of sp³-hybridized carbons (Fsp3) is 0.419. The number of carbonyl (C=O) groups excluding carboxylic acids is 1. The number of carboxylic acid groups (broad SMARTS) is 1. The van der Waals surface area contributed by atoms with Crippen molar-refractivity contribution in [1.29, 1.82) is 0 Å². The molecule has 1 fully saturated rings. The Kier molecular flexibility index (Phi) is 9.90. The third-order valence-electron chi connectivity index (χ3n) is 6.90. The molecule has 0 bridgehead atoms. The van der Waals surface area contributed by atoms with Crippen LogP contribution in [0.5, 0.6) is 0 Å². The first-order valence-electron chi connectivity index (χ1n) is 14.0. The lowest BCUT2D eigenvalue weighted by Gasteiger charge is -2.35. The highest BCUT2D eigenvalue weighted by Gasteiger charge is 2.35. The molecule has 230 valence electrons. The largest absolute Gasteiger partial charge is 0.481 e. The lowest BCUT2D eigenvalue weighted by Crippen LogP contribution is -2.49. The van der Waals surface area contributed by atoms with E-state index < -0.39 is 23.3 Å². The molecule has 43 heavy (non-hydrogen) atoms. The monoisotopic (exact) mass is 599 g/mol. The Labute approximate surface area is 248 Å². The molecule has 1 aliphatic rings. The summed E-state index contributed by atoms with van der Waals surface area (Å²) in [5.74, 6) is -0.975. The predicted octanol–water partition coefficient (Wildman–Crippen LogP) is 5.70. The minimum atomic E-state index is -4.63. The normalized spacial score (nSPS) is 14.4. The molecule has 2 heterocycles. The van der Waals surface area contributed by atoms with Crippen LogP contribution >= 0.6 is 0 Å². The number of nitrogens with one attached hydrogen (secondary N) is 1. The maximum absolute atomic E-state index is 13.7. The van der Waals surface area contributed by atoms with Crippen molar-refractivity contribution in [2.45, 2.75) is 58.4 Å². The molecule has 0 saturated carbocycles. The van der Waals surface area contributed by atoms with Crippen LogP contribution in [0.2, 0.25) is 0 Å². The van der Waals surface area contributed by atoms with Crippen molar-refractivity contribution in [3.8, 4) is 0 Å². The molecule has 1 saturated heterocycles. The molecule has 1 aromatic heterocycles. The highest BCUT2D eigenvalue weighted by Crippen LogP contribution is 2.32. The average Bonchev–Trinajstić information content (AvgIpc) is 2.92. The molecule has 0 unspecified atom stereocenters. The van der Waals surface area contributed by atoms with Crippen LogP contribution in [0.25, 0.3) is 0 Å². The van der Waals surface area contributed by atoms with E-state index in [1.54, 1.807) is 29.2 Å². The van der Waals surface area contributed by atoms with Gasteiger partial charge < -0.3 is 20.1 Å². The van der Waals surface area contributed by atoms with Crippen molar-refractivity contribution in [2.24, 2.45) is 0 Å². The molecule has 3 aromatic rings. The molecule has 0 spiro atoms. The minimum Gasteiger partial charge on any atom is -0.481 e. The molecule has 2 N–H and O–H groups in total. The third kappa shape index (κ3) is 9.40. The Bertz CT molecular complexity index is 1420. The highest BCUT2D eigenvalue weighted by atomic mass is 19.4. The molecule has 4 rings (SSSR count). The lowest BCUT2D eigenvalue weighted by atomic mass is 9.98. The van der Waals surface area contributed by atoms with Crippen LogP contribution in [0, 0.1) is 0 Å². The number of aliphatic carboxylic acids is 1. The van der Waals surface area contributed by atoms with Crippen molar-refractivity contribution in [3.63, 3.8) is 0 Å². The van der Waals surface area contributed by atoms with Gasteiger partial charge in [0.05, 0.1) is 17.7 Å². The van der Waals surface area contributed by atoms with Gasteiger partial charge in [0.2, 0.25) is 5.95 Å².